The van der Waals surface area contributed by atoms with E-state index < -0.39 is 23.6 Å². The summed E-state index contributed by atoms with van der Waals surface area (Å²) in [5.74, 6) is -1.26. The number of carbonyl (C=O) groups is 2. The maximum absolute atomic E-state index is 12.9. The number of benzene rings is 1. The third kappa shape index (κ3) is 5.06. The summed E-state index contributed by atoms with van der Waals surface area (Å²) in [6.07, 6.45) is -0.303. The van der Waals surface area contributed by atoms with Gasteiger partial charge in [-0.05, 0) is 42.5 Å². The maximum Gasteiger partial charge on any atom is 0.416 e. The molecule has 0 aliphatic carbocycles. The Morgan fingerprint density at radius 1 is 0.897 bits per heavy atom. The molecule has 2 aromatic heterocycles. The Morgan fingerprint density at radius 3 is 2.38 bits per heavy atom. The van der Waals surface area contributed by atoms with Gasteiger partial charge in [0.15, 0.2) is 0 Å². The summed E-state index contributed by atoms with van der Waals surface area (Å²) in [5.41, 5.74) is 3.99. The van der Waals surface area contributed by atoms with Gasteiger partial charge in [-0.1, -0.05) is 6.07 Å². The van der Waals surface area contributed by atoms with E-state index in [-0.39, 0.29) is 22.6 Å². The molecule has 0 aliphatic heterocycles. The third-order valence-corrected chi connectivity index (χ3v) is 3.72. The first-order chi connectivity index (χ1) is 13.8. The van der Waals surface area contributed by atoms with Gasteiger partial charge in [0, 0.05) is 24.3 Å². The summed E-state index contributed by atoms with van der Waals surface area (Å²) < 4.78 is 38.6. The van der Waals surface area contributed by atoms with Gasteiger partial charge in [0.25, 0.3) is 11.8 Å². The molecular formula is C19H14F3N5O2. The lowest BCUT2D eigenvalue weighted by Crippen LogP contribution is -2.41. The quantitative estimate of drug-likeness (QED) is 0.583. The number of hydrogen-bond acceptors (Lipinski definition) is 5. The van der Waals surface area contributed by atoms with Gasteiger partial charge in [-0.15, -0.1) is 0 Å². The molecule has 7 nitrogen and oxygen atoms in total. The summed E-state index contributed by atoms with van der Waals surface area (Å²) in [4.78, 5) is 32.2. The van der Waals surface area contributed by atoms with Crippen LogP contribution < -0.4 is 16.2 Å². The SMILES string of the molecule is O=C(NNC(=O)c1cccnc1Nc1cccc(C(F)(F)F)c1)c1cccnc1. The van der Waals surface area contributed by atoms with Crippen molar-refractivity contribution in [1.82, 2.24) is 20.8 Å². The van der Waals surface area contributed by atoms with Crippen LogP contribution in [-0.4, -0.2) is 21.8 Å². The number of hydrogen-bond donors (Lipinski definition) is 3. The minimum absolute atomic E-state index is 0.0244. The second-order valence-electron chi connectivity index (χ2n) is 5.75. The van der Waals surface area contributed by atoms with Crippen molar-refractivity contribution < 1.29 is 22.8 Å². The van der Waals surface area contributed by atoms with Crippen LogP contribution in [0.4, 0.5) is 24.7 Å². The first kappa shape index (κ1) is 19.8. The molecule has 3 rings (SSSR count). The number of anilines is 2. The van der Waals surface area contributed by atoms with E-state index in [1.54, 1.807) is 6.07 Å². The number of pyridine rings is 2. The number of halogens is 3. The minimum Gasteiger partial charge on any atom is -0.340 e. The van der Waals surface area contributed by atoms with E-state index in [4.69, 9.17) is 0 Å². The van der Waals surface area contributed by atoms with Crippen LogP contribution in [0.15, 0.2) is 67.1 Å². The first-order valence-corrected chi connectivity index (χ1v) is 8.24. The number of aromatic nitrogens is 2. The van der Waals surface area contributed by atoms with E-state index in [0.717, 1.165) is 12.1 Å². The number of carbonyl (C=O) groups excluding carboxylic acids is 2. The van der Waals surface area contributed by atoms with E-state index in [1.807, 2.05) is 0 Å². The van der Waals surface area contributed by atoms with Gasteiger partial charge >= 0.3 is 6.18 Å². The molecule has 0 radical (unpaired) electrons. The summed E-state index contributed by atoms with van der Waals surface area (Å²) in [7, 11) is 0. The second kappa shape index (κ2) is 8.38. The van der Waals surface area contributed by atoms with Crippen LogP contribution in [0.3, 0.4) is 0 Å². The maximum atomic E-state index is 12.9. The van der Waals surface area contributed by atoms with Crippen LogP contribution in [0.2, 0.25) is 0 Å². The number of nitrogens with zero attached hydrogens (tertiary/aromatic N) is 2. The molecule has 3 aromatic rings. The van der Waals surface area contributed by atoms with Crippen LogP contribution in [0, 0.1) is 0 Å². The lowest BCUT2D eigenvalue weighted by atomic mass is 10.2. The third-order valence-electron chi connectivity index (χ3n) is 3.72. The van der Waals surface area contributed by atoms with Gasteiger partial charge in [-0.3, -0.25) is 25.4 Å². The molecule has 0 unspecified atom stereocenters. The van der Waals surface area contributed by atoms with Crippen LogP contribution in [-0.2, 0) is 6.18 Å². The van der Waals surface area contributed by atoms with Crippen molar-refractivity contribution in [3.63, 3.8) is 0 Å². The van der Waals surface area contributed by atoms with E-state index in [9.17, 15) is 22.8 Å². The summed E-state index contributed by atoms with van der Waals surface area (Å²) in [6, 6.07) is 10.5. The van der Waals surface area contributed by atoms with Crippen molar-refractivity contribution in [2.75, 3.05) is 5.32 Å². The lowest BCUT2D eigenvalue weighted by molar-refractivity contribution is -0.137. The largest absolute Gasteiger partial charge is 0.416 e. The van der Waals surface area contributed by atoms with Gasteiger partial charge < -0.3 is 5.32 Å². The predicted molar refractivity (Wildman–Crippen MR) is 98.1 cm³/mol. The molecule has 0 fully saturated rings. The van der Waals surface area contributed by atoms with Crippen LogP contribution in [0.5, 0.6) is 0 Å². The molecule has 1 aromatic carbocycles. The molecule has 0 saturated heterocycles. The van der Waals surface area contributed by atoms with Gasteiger partial charge in [0.2, 0.25) is 0 Å². The van der Waals surface area contributed by atoms with Gasteiger partial charge in [0.1, 0.15) is 5.82 Å². The highest BCUT2D eigenvalue weighted by molar-refractivity contribution is 6.01. The van der Waals surface area contributed by atoms with Crippen molar-refractivity contribution in [3.05, 3.63) is 83.8 Å². The Morgan fingerprint density at radius 2 is 1.66 bits per heavy atom. The average Bonchev–Trinajstić information content (AvgIpc) is 2.72. The van der Waals surface area contributed by atoms with Gasteiger partial charge in [0.05, 0.1) is 16.7 Å². The fraction of sp³-hybridized carbons (Fsp3) is 0.0526. The normalized spacial score (nSPS) is 10.9. The Balaban J connectivity index is 1.73. The molecule has 10 heteroatoms. The monoisotopic (exact) mass is 401 g/mol. The number of amides is 2. The molecular weight excluding hydrogens is 387 g/mol. The van der Waals surface area contributed by atoms with Crippen molar-refractivity contribution in [2.24, 2.45) is 0 Å². The Kier molecular flexibility index (Phi) is 5.72. The molecule has 2 amide bonds. The standard InChI is InChI=1S/C19H14F3N5O2/c20-19(21,22)13-5-1-6-14(10-13)25-16-15(7-3-9-24-16)18(29)27-26-17(28)12-4-2-8-23-11-12/h1-11H,(H,24,25)(H,26,28)(H,27,29). The highest BCUT2D eigenvalue weighted by Crippen LogP contribution is 2.31. The molecule has 0 bridgehead atoms. The van der Waals surface area contributed by atoms with Crippen LogP contribution >= 0.6 is 0 Å². The summed E-state index contributed by atoms with van der Waals surface area (Å²) >= 11 is 0. The van der Waals surface area contributed by atoms with Crippen molar-refractivity contribution in [1.29, 1.82) is 0 Å². The number of alkyl halides is 3. The molecule has 0 spiro atoms. The number of rotatable bonds is 4. The Bertz CT molecular complexity index is 1030. The fourth-order valence-electron chi connectivity index (χ4n) is 2.35. The Hall–Kier alpha value is -3.95. The molecule has 29 heavy (non-hydrogen) atoms. The first-order valence-electron chi connectivity index (χ1n) is 8.24. The molecule has 148 valence electrons. The summed E-state index contributed by atoms with van der Waals surface area (Å²) in [6.45, 7) is 0. The summed E-state index contributed by atoms with van der Waals surface area (Å²) in [5, 5.41) is 2.69. The van der Waals surface area contributed by atoms with Crippen LogP contribution in [0.25, 0.3) is 0 Å². The van der Waals surface area contributed by atoms with Crippen LogP contribution in [0.1, 0.15) is 26.3 Å². The molecule has 0 aliphatic rings. The molecule has 0 saturated carbocycles. The van der Waals surface area contributed by atoms with Crippen molar-refractivity contribution in [3.8, 4) is 0 Å². The predicted octanol–water partition coefficient (Wildman–Crippen LogP) is 3.31. The average molecular weight is 401 g/mol. The molecule has 3 N–H and O–H groups in total. The van der Waals surface area contributed by atoms with Gasteiger partial charge in [-0.2, -0.15) is 13.2 Å². The van der Waals surface area contributed by atoms with E-state index in [1.165, 1.54) is 48.9 Å². The highest BCUT2D eigenvalue weighted by atomic mass is 19.4. The Labute approximate surface area is 163 Å². The number of hydrazine groups is 1. The smallest absolute Gasteiger partial charge is 0.340 e. The van der Waals surface area contributed by atoms with Crippen molar-refractivity contribution >= 4 is 23.3 Å². The van der Waals surface area contributed by atoms with E-state index in [0.29, 0.717) is 0 Å². The zero-order chi connectivity index (χ0) is 20.9. The fourth-order valence-corrected chi connectivity index (χ4v) is 2.35. The van der Waals surface area contributed by atoms with E-state index >= 15 is 0 Å². The zero-order valence-electron chi connectivity index (χ0n) is 14.7. The highest BCUT2D eigenvalue weighted by Gasteiger charge is 2.30. The lowest BCUT2D eigenvalue weighted by Gasteiger charge is -2.13. The van der Waals surface area contributed by atoms with E-state index in [2.05, 4.69) is 26.1 Å². The topological polar surface area (TPSA) is 96.0 Å². The molecule has 2 heterocycles. The zero-order valence-corrected chi connectivity index (χ0v) is 14.7. The minimum atomic E-state index is -4.50. The van der Waals surface area contributed by atoms with Gasteiger partial charge in [-0.25, -0.2) is 4.98 Å². The second-order valence-corrected chi connectivity index (χ2v) is 5.75. The molecule has 0 atom stereocenters. The van der Waals surface area contributed by atoms with Crippen molar-refractivity contribution in [2.45, 2.75) is 6.18 Å². The number of nitrogens with one attached hydrogen (secondary N) is 3.